The minimum atomic E-state index is 0.482. The maximum atomic E-state index is 6.05. The zero-order chi connectivity index (χ0) is 7.68. The molecule has 2 unspecified atom stereocenters. The fourth-order valence-electron chi connectivity index (χ4n) is 2.47. The molecule has 2 aliphatic carbocycles. The van der Waals surface area contributed by atoms with E-state index in [1.165, 1.54) is 38.5 Å². The van der Waals surface area contributed by atoms with E-state index in [9.17, 15) is 0 Å². The van der Waals surface area contributed by atoms with Crippen molar-refractivity contribution in [2.24, 2.45) is 11.7 Å². The van der Waals surface area contributed by atoms with Crippen LogP contribution >= 0.6 is 0 Å². The molecule has 0 radical (unpaired) electrons. The summed E-state index contributed by atoms with van der Waals surface area (Å²) in [5.74, 6) is 0.762. The molecular formula is C10H17N. The maximum absolute atomic E-state index is 6.05. The lowest BCUT2D eigenvalue weighted by Crippen LogP contribution is -2.35. The van der Waals surface area contributed by atoms with Gasteiger partial charge in [-0.15, -0.1) is 0 Å². The molecule has 0 aromatic carbocycles. The Morgan fingerprint density at radius 2 is 2.18 bits per heavy atom. The van der Waals surface area contributed by atoms with Gasteiger partial charge < -0.3 is 5.73 Å². The van der Waals surface area contributed by atoms with Crippen molar-refractivity contribution in [2.75, 3.05) is 0 Å². The lowest BCUT2D eigenvalue weighted by atomic mass is 9.75. The molecule has 0 spiro atoms. The Kier molecular flexibility index (Phi) is 1.99. The quantitative estimate of drug-likeness (QED) is 0.528. The summed E-state index contributed by atoms with van der Waals surface area (Å²) in [4.78, 5) is 0. The minimum Gasteiger partial charge on any atom is -0.327 e. The van der Waals surface area contributed by atoms with Crippen molar-refractivity contribution >= 4 is 0 Å². The minimum absolute atomic E-state index is 0.482. The van der Waals surface area contributed by atoms with Crippen LogP contribution in [-0.4, -0.2) is 6.04 Å². The molecule has 1 saturated carbocycles. The Morgan fingerprint density at radius 3 is 3.00 bits per heavy atom. The van der Waals surface area contributed by atoms with Gasteiger partial charge in [0.05, 0.1) is 0 Å². The van der Waals surface area contributed by atoms with E-state index in [2.05, 4.69) is 6.08 Å². The molecule has 0 bridgehead atoms. The van der Waals surface area contributed by atoms with Gasteiger partial charge in [0.25, 0.3) is 0 Å². The third kappa shape index (κ3) is 1.34. The van der Waals surface area contributed by atoms with E-state index in [0.717, 1.165) is 5.92 Å². The smallest absolute Gasteiger partial charge is 0.0107 e. The second-order valence-corrected chi connectivity index (χ2v) is 3.87. The molecule has 11 heavy (non-hydrogen) atoms. The number of allylic oxidation sites excluding steroid dienone is 1. The first-order valence-corrected chi connectivity index (χ1v) is 4.82. The third-order valence-corrected chi connectivity index (χ3v) is 3.13. The van der Waals surface area contributed by atoms with Gasteiger partial charge in [-0.05, 0) is 38.0 Å². The van der Waals surface area contributed by atoms with Crippen LogP contribution in [0.4, 0.5) is 0 Å². The monoisotopic (exact) mass is 151 g/mol. The second-order valence-electron chi connectivity index (χ2n) is 3.87. The van der Waals surface area contributed by atoms with Crippen molar-refractivity contribution in [2.45, 2.75) is 44.6 Å². The molecule has 1 fully saturated rings. The fraction of sp³-hybridized carbons (Fsp3) is 0.800. The van der Waals surface area contributed by atoms with Gasteiger partial charge in [0.15, 0.2) is 0 Å². The van der Waals surface area contributed by atoms with Crippen LogP contribution in [0.1, 0.15) is 38.5 Å². The van der Waals surface area contributed by atoms with E-state index in [0.29, 0.717) is 6.04 Å². The number of nitrogens with two attached hydrogens (primary N) is 1. The van der Waals surface area contributed by atoms with Crippen LogP contribution in [-0.2, 0) is 0 Å². The van der Waals surface area contributed by atoms with Crippen LogP contribution in [0.25, 0.3) is 0 Å². The Hall–Kier alpha value is -0.300. The highest BCUT2D eigenvalue weighted by Crippen LogP contribution is 2.35. The lowest BCUT2D eigenvalue weighted by Gasteiger charge is -2.33. The molecule has 2 N–H and O–H groups in total. The highest BCUT2D eigenvalue weighted by Gasteiger charge is 2.26. The molecule has 1 heteroatoms. The number of hydrogen-bond acceptors (Lipinski definition) is 1. The van der Waals surface area contributed by atoms with Gasteiger partial charge in [0.1, 0.15) is 0 Å². The van der Waals surface area contributed by atoms with Crippen molar-refractivity contribution in [3.05, 3.63) is 11.6 Å². The van der Waals surface area contributed by atoms with Crippen LogP contribution in [0.2, 0.25) is 0 Å². The standard InChI is InChI=1S/C10H17N/c11-10-7-3-5-8-4-1-2-6-9(8)10/h5,9-10H,1-4,6-7,11H2. The van der Waals surface area contributed by atoms with Gasteiger partial charge in [-0.3, -0.25) is 0 Å². The summed E-state index contributed by atoms with van der Waals surface area (Å²) in [5.41, 5.74) is 7.72. The SMILES string of the molecule is NC1CCC=C2CCCCC21. The summed E-state index contributed by atoms with van der Waals surface area (Å²) in [6.07, 6.45) is 10.4. The molecule has 2 rings (SSSR count). The number of rotatable bonds is 0. The predicted octanol–water partition coefficient (Wildman–Crippen LogP) is 2.22. The molecule has 0 amide bonds. The molecule has 0 heterocycles. The van der Waals surface area contributed by atoms with E-state index in [1.807, 2.05) is 0 Å². The van der Waals surface area contributed by atoms with Gasteiger partial charge in [-0.2, -0.15) is 0 Å². The molecule has 1 nitrogen and oxygen atoms in total. The van der Waals surface area contributed by atoms with Gasteiger partial charge in [0, 0.05) is 6.04 Å². The second kappa shape index (κ2) is 2.98. The summed E-state index contributed by atoms with van der Waals surface area (Å²) in [6.45, 7) is 0. The van der Waals surface area contributed by atoms with Crippen molar-refractivity contribution in [3.8, 4) is 0 Å². The summed E-state index contributed by atoms with van der Waals surface area (Å²) >= 11 is 0. The fourth-order valence-corrected chi connectivity index (χ4v) is 2.47. The van der Waals surface area contributed by atoms with Crippen molar-refractivity contribution in [1.29, 1.82) is 0 Å². The summed E-state index contributed by atoms with van der Waals surface area (Å²) in [6, 6.07) is 0.482. The molecule has 0 saturated heterocycles. The third-order valence-electron chi connectivity index (χ3n) is 3.13. The molecule has 2 atom stereocenters. The zero-order valence-electron chi connectivity index (χ0n) is 7.05. The van der Waals surface area contributed by atoms with E-state index in [-0.39, 0.29) is 0 Å². The summed E-state index contributed by atoms with van der Waals surface area (Å²) in [7, 11) is 0. The molecule has 62 valence electrons. The van der Waals surface area contributed by atoms with Crippen LogP contribution in [0.3, 0.4) is 0 Å². The molecule has 0 aromatic rings. The number of fused-ring (bicyclic) bond motifs is 1. The van der Waals surface area contributed by atoms with Crippen molar-refractivity contribution in [3.63, 3.8) is 0 Å². The predicted molar refractivity (Wildman–Crippen MR) is 47.3 cm³/mol. The van der Waals surface area contributed by atoms with E-state index < -0.39 is 0 Å². The first-order chi connectivity index (χ1) is 5.38. The topological polar surface area (TPSA) is 26.0 Å². The van der Waals surface area contributed by atoms with Crippen LogP contribution in [0, 0.1) is 5.92 Å². The lowest BCUT2D eigenvalue weighted by molar-refractivity contribution is 0.354. The average Bonchev–Trinajstić information content (AvgIpc) is 2.06. The highest BCUT2D eigenvalue weighted by molar-refractivity contribution is 5.15. The van der Waals surface area contributed by atoms with Gasteiger partial charge >= 0.3 is 0 Å². The largest absolute Gasteiger partial charge is 0.327 e. The molecule has 2 aliphatic rings. The van der Waals surface area contributed by atoms with Crippen molar-refractivity contribution in [1.82, 2.24) is 0 Å². The van der Waals surface area contributed by atoms with Gasteiger partial charge in [0.2, 0.25) is 0 Å². The highest BCUT2D eigenvalue weighted by atomic mass is 14.7. The first kappa shape index (κ1) is 7.35. The van der Waals surface area contributed by atoms with Crippen LogP contribution < -0.4 is 5.73 Å². The molecular weight excluding hydrogens is 134 g/mol. The average molecular weight is 151 g/mol. The van der Waals surface area contributed by atoms with Crippen molar-refractivity contribution < 1.29 is 0 Å². The normalized spacial score (nSPS) is 37.7. The van der Waals surface area contributed by atoms with Crippen LogP contribution in [0.5, 0.6) is 0 Å². The van der Waals surface area contributed by atoms with Gasteiger partial charge in [-0.25, -0.2) is 0 Å². The zero-order valence-corrected chi connectivity index (χ0v) is 7.05. The summed E-state index contributed by atoms with van der Waals surface area (Å²) < 4.78 is 0. The maximum Gasteiger partial charge on any atom is 0.0107 e. The Bertz CT molecular complexity index is 172. The van der Waals surface area contributed by atoms with E-state index in [4.69, 9.17) is 5.73 Å². The van der Waals surface area contributed by atoms with Crippen LogP contribution in [0.15, 0.2) is 11.6 Å². The first-order valence-electron chi connectivity index (χ1n) is 4.82. The van der Waals surface area contributed by atoms with E-state index in [1.54, 1.807) is 5.57 Å². The van der Waals surface area contributed by atoms with E-state index >= 15 is 0 Å². The molecule has 0 aromatic heterocycles. The Balaban J connectivity index is 2.13. The Labute approximate surface area is 68.7 Å². The number of hydrogen-bond donors (Lipinski definition) is 1. The Morgan fingerprint density at radius 1 is 1.27 bits per heavy atom. The van der Waals surface area contributed by atoms with Gasteiger partial charge in [-0.1, -0.05) is 18.1 Å². The summed E-state index contributed by atoms with van der Waals surface area (Å²) in [5, 5.41) is 0. The molecule has 0 aliphatic heterocycles.